The van der Waals surface area contributed by atoms with Crippen LogP contribution in [0.2, 0.25) is 0 Å². The van der Waals surface area contributed by atoms with Gasteiger partial charge in [0.1, 0.15) is 0 Å². The smallest absolute Gasteiger partial charge is 0.241 e. The third kappa shape index (κ3) is 2.68. The number of aliphatic hydroxyl groups is 1. The van der Waals surface area contributed by atoms with Gasteiger partial charge in [-0.3, -0.25) is 0 Å². The molecule has 4 nitrogen and oxygen atoms in total. The van der Waals surface area contributed by atoms with Gasteiger partial charge < -0.3 is 5.11 Å². The summed E-state index contributed by atoms with van der Waals surface area (Å²) in [7, 11) is -3.59. The SMILES string of the molecule is Cc1ccc(S(=O)(=O)NC2(C(C)(C)O)CCC2)cc1. The van der Waals surface area contributed by atoms with Gasteiger partial charge in [-0.1, -0.05) is 17.7 Å². The molecule has 0 spiro atoms. The lowest BCUT2D eigenvalue weighted by Gasteiger charge is -2.50. The molecule has 106 valence electrons. The minimum Gasteiger partial charge on any atom is -0.389 e. The molecular formula is C14H21NO3S. The van der Waals surface area contributed by atoms with E-state index in [4.69, 9.17) is 0 Å². The first-order valence-corrected chi connectivity index (χ1v) is 7.98. The Bertz CT molecular complexity index is 551. The molecule has 0 heterocycles. The molecule has 1 fully saturated rings. The highest BCUT2D eigenvalue weighted by molar-refractivity contribution is 7.89. The Hall–Kier alpha value is -0.910. The van der Waals surface area contributed by atoms with Gasteiger partial charge in [0.05, 0.1) is 16.0 Å². The van der Waals surface area contributed by atoms with E-state index in [1.807, 2.05) is 6.92 Å². The third-order valence-electron chi connectivity index (χ3n) is 4.04. The van der Waals surface area contributed by atoms with E-state index in [0.717, 1.165) is 12.0 Å². The van der Waals surface area contributed by atoms with E-state index < -0.39 is 21.2 Å². The lowest BCUT2D eigenvalue weighted by molar-refractivity contribution is -0.0504. The van der Waals surface area contributed by atoms with Gasteiger partial charge in [0.15, 0.2) is 0 Å². The summed E-state index contributed by atoms with van der Waals surface area (Å²) in [5.74, 6) is 0. The van der Waals surface area contributed by atoms with Crippen molar-refractivity contribution in [3.63, 3.8) is 0 Å². The molecule has 2 N–H and O–H groups in total. The first-order chi connectivity index (χ1) is 8.66. The van der Waals surface area contributed by atoms with E-state index in [9.17, 15) is 13.5 Å². The number of sulfonamides is 1. The largest absolute Gasteiger partial charge is 0.389 e. The minimum absolute atomic E-state index is 0.244. The van der Waals surface area contributed by atoms with Gasteiger partial charge in [0, 0.05) is 0 Å². The zero-order valence-corrected chi connectivity index (χ0v) is 12.4. The molecule has 0 radical (unpaired) electrons. The summed E-state index contributed by atoms with van der Waals surface area (Å²) < 4.78 is 27.5. The van der Waals surface area contributed by atoms with Crippen LogP contribution in [-0.2, 0) is 10.0 Å². The van der Waals surface area contributed by atoms with Crippen molar-refractivity contribution in [2.45, 2.75) is 56.1 Å². The Morgan fingerprint density at radius 3 is 2.11 bits per heavy atom. The molecule has 0 aliphatic heterocycles. The van der Waals surface area contributed by atoms with Crippen LogP contribution in [0.5, 0.6) is 0 Å². The van der Waals surface area contributed by atoms with Gasteiger partial charge in [-0.2, -0.15) is 0 Å². The molecule has 19 heavy (non-hydrogen) atoms. The molecular weight excluding hydrogens is 262 g/mol. The molecule has 0 bridgehead atoms. The first-order valence-electron chi connectivity index (χ1n) is 6.49. The highest BCUT2D eigenvalue weighted by Crippen LogP contribution is 2.41. The molecule has 0 amide bonds. The number of hydrogen-bond donors (Lipinski definition) is 2. The van der Waals surface area contributed by atoms with Crippen LogP contribution in [0.15, 0.2) is 29.2 Å². The van der Waals surface area contributed by atoms with Crippen LogP contribution in [0, 0.1) is 6.92 Å². The fraction of sp³-hybridized carbons (Fsp3) is 0.571. The van der Waals surface area contributed by atoms with E-state index in [1.165, 1.54) is 0 Å². The summed E-state index contributed by atoms with van der Waals surface area (Å²) in [4.78, 5) is 0.244. The molecule has 5 heteroatoms. The molecule has 2 rings (SSSR count). The van der Waals surface area contributed by atoms with E-state index in [1.54, 1.807) is 38.1 Å². The summed E-state index contributed by atoms with van der Waals surface area (Å²) >= 11 is 0. The van der Waals surface area contributed by atoms with Crippen molar-refractivity contribution in [1.82, 2.24) is 4.72 Å². The van der Waals surface area contributed by atoms with Crippen LogP contribution in [0.4, 0.5) is 0 Å². The van der Waals surface area contributed by atoms with Gasteiger partial charge in [-0.05, 0) is 52.2 Å². The van der Waals surface area contributed by atoms with Gasteiger partial charge in [0.25, 0.3) is 0 Å². The van der Waals surface area contributed by atoms with Crippen LogP contribution < -0.4 is 4.72 Å². The average Bonchev–Trinajstić information content (AvgIpc) is 2.22. The second-order valence-electron chi connectivity index (χ2n) is 5.91. The normalized spacial score (nSPS) is 18.9. The zero-order valence-electron chi connectivity index (χ0n) is 11.6. The highest BCUT2D eigenvalue weighted by atomic mass is 32.2. The Morgan fingerprint density at radius 2 is 1.74 bits per heavy atom. The topological polar surface area (TPSA) is 66.4 Å². The third-order valence-corrected chi connectivity index (χ3v) is 5.59. The summed E-state index contributed by atoms with van der Waals surface area (Å²) in [5.41, 5.74) is -0.792. The Morgan fingerprint density at radius 1 is 1.21 bits per heavy atom. The molecule has 1 aliphatic carbocycles. The van der Waals surface area contributed by atoms with E-state index in [-0.39, 0.29) is 4.90 Å². The summed E-state index contributed by atoms with van der Waals surface area (Å²) in [6.07, 6.45) is 2.27. The van der Waals surface area contributed by atoms with Crippen LogP contribution in [-0.4, -0.2) is 24.7 Å². The summed E-state index contributed by atoms with van der Waals surface area (Å²) in [6.45, 7) is 5.22. The summed E-state index contributed by atoms with van der Waals surface area (Å²) in [5, 5.41) is 10.2. The highest BCUT2D eigenvalue weighted by Gasteiger charge is 2.51. The second kappa shape index (κ2) is 4.58. The van der Waals surface area contributed by atoms with Gasteiger partial charge >= 0.3 is 0 Å². The maximum Gasteiger partial charge on any atom is 0.241 e. The predicted octanol–water partition coefficient (Wildman–Crippen LogP) is 1.97. The van der Waals surface area contributed by atoms with Crippen molar-refractivity contribution < 1.29 is 13.5 Å². The van der Waals surface area contributed by atoms with Crippen LogP contribution in [0.1, 0.15) is 38.7 Å². The van der Waals surface area contributed by atoms with E-state index in [0.29, 0.717) is 12.8 Å². The van der Waals surface area contributed by atoms with Gasteiger partial charge in [0.2, 0.25) is 10.0 Å². The lowest BCUT2D eigenvalue weighted by Crippen LogP contribution is -2.65. The quantitative estimate of drug-likeness (QED) is 0.888. The molecule has 1 aromatic carbocycles. The standard InChI is InChI=1S/C14H21NO3S/c1-11-5-7-12(8-6-11)19(17,18)15-14(9-4-10-14)13(2,3)16/h5-8,15-16H,4,9-10H2,1-3H3. The van der Waals surface area contributed by atoms with Crippen molar-refractivity contribution in [2.75, 3.05) is 0 Å². The molecule has 0 atom stereocenters. The van der Waals surface area contributed by atoms with Crippen molar-refractivity contribution in [2.24, 2.45) is 0 Å². The van der Waals surface area contributed by atoms with E-state index >= 15 is 0 Å². The molecule has 0 aromatic heterocycles. The number of hydrogen-bond acceptors (Lipinski definition) is 3. The Labute approximate surface area is 114 Å². The number of benzene rings is 1. The molecule has 1 aromatic rings. The first kappa shape index (κ1) is 14.5. The number of nitrogens with one attached hydrogen (secondary N) is 1. The van der Waals surface area contributed by atoms with Crippen molar-refractivity contribution in [3.05, 3.63) is 29.8 Å². The molecule has 1 saturated carbocycles. The Kier molecular flexibility index (Phi) is 3.49. The van der Waals surface area contributed by atoms with Crippen molar-refractivity contribution in [3.8, 4) is 0 Å². The van der Waals surface area contributed by atoms with Crippen LogP contribution in [0.25, 0.3) is 0 Å². The average molecular weight is 283 g/mol. The molecule has 0 unspecified atom stereocenters. The molecule has 1 aliphatic rings. The van der Waals surface area contributed by atoms with Crippen molar-refractivity contribution in [1.29, 1.82) is 0 Å². The fourth-order valence-corrected chi connectivity index (χ4v) is 3.98. The van der Waals surface area contributed by atoms with Crippen LogP contribution >= 0.6 is 0 Å². The predicted molar refractivity (Wildman–Crippen MR) is 74.4 cm³/mol. The second-order valence-corrected chi connectivity index (χ2v) is 7.60. The van der Waals surface area contributed by atoms with E-state index in [2.05, 4.69) is 4.72 Å². The molecule has 0 saturated heterocycles. The maximum absolute atomic E-state index is 12.4. The maximum atomic E-state index is 12.4. The monoisotopic (exact) mass is 283 g/mol. The van der Waals surface area contributed by atoms with Gasteiger partial charge in [-0.25, -0.2) is 13.1 Å². The number of rotatable bonds is 4. The lowest BCUT2D eigenvalue weighted by atomic mass is 9.67. The zero-order chi connectivity index (χ0) is 14.3. The van der Waals surface area contributed by atoms with Gasteiger partial charge in [-0.15, -0.1) is 0 Å². The Balaban J connectivity index is 2.29. The van der Waals surface area contributed by atoms with Crippen molar-refractivity contribution >= 4 is 10.0 Å². The van der Waals surface area contributed by atoms with Crippen LogP contribution in [0.3, 0.4) is 0 Å². The summed E-state index contributed by atoms with van der Waals surface area (Å²) in [6, 6.07) is 6.72. The fourth-order valence-electron chi connectivity index (χ4n) is 2.40. The number of aryl methyl sites for hydroxylation is 1. The minimum atomic E-state index is -3.59.